The summed E-state index contributed by atoms with van der Waals surface area (Å²) in [5.74, 6) is -1.17. The van der Waals surface area contributed by atoms with Crippen LogP contribution in [0.3, 0.4) is 0 Å². The minimum atomic E-state index is -1.44. The average Bonchev–Trinajstić information content (AvgIpc) is 3.32. The number of carbonyl (C=O) groups excluding carboxylic acids is 2. The number of halogens is 2. The molecule has 1 aliphatic heterocycles. The van der Waals surface area contributed by atoms with Gasteiger partial charge in [-0.1, -0.05) is 47.5 Å². The number of hydrogen-bond donors (Lipinski definition) is 2. The summed E-state index contributed by atoms with van der Waals surface area (Å²) in [5, 5.41) is 0.626. The number of rotatable bonds is 7. The van der Waals surface area contributed by atoms with Gasteiger partial charge in [0.25, 0.3) is 0 Å². The van der Waals surface area contributed by atoms with Crippen molar-refractivity contribution in [1.29, 1.82) is 0 Å². The van der Waals surface area contributed by atoms with Gasteiger partial charge in [0.2, 0.25) is 11.8 Å². The van der Waals surface area contributed by atoms with E-state index in [2.05, 4.69) is 9.88 Å². The molecule has 1 aromatic heterocycles. The van der Waals surface area contributed by atoms with Gasteiger partial charge < -0.3 is 16.4 Å². The predicted octanol–water partition coefficient (Wildman–Crippen LogP) is 3.78. The van der Waals surface area contributed by atoms with E-state index in [0.717, 1.165) is 25.9 Å². The highest BCUT2D eigenvalue weighted by Crippen LogP contribution is 2.46. The Morgan fingerprint density at radius 2 is 1.79 bits per heavy atom. The van der Waals surface area contributed by atoms with Crippen molar-refractivity contribution < 1.29 is 9.59 Å². The number of pyridine rings is 1. The van der Waals surface area contributed by atoms with Crippen LogP contribution >= 0.6 is 23.2 Å². The van der Waals surface area contributed by atoms with E-state index in [-0.39, 0.29) is 5.03 Å². The molecule has 2 amide bonds. The first-order valence-corrected chi connectivity index (χ1v) is 11.7. The molecule has 1 aliphatic carbocycles. The molecule has 2 aromatic rings. The molecule has 2 atom stereocenters. The molecule has 33 heavy (non-hydrogen) atoms. The number of amides is 2. The van der Waals surface area contributed by atoms with Gasteiger partial charge in [-0.05, 0) is 74.8 Å². The van der Waals surface area contributed by atoms with E-state index >= 15 is 0 Å². The minimum absolute atomic E-state index is 0.145. The van der Waals surface area contributed by atoms with Gasteiger partial charge in [-0.2, -0.15) is 0 Å². The summed E-state index contributed by atoms with van der Waals surface area (Å²) in [7, 11) is 0. The standard InChI is InChI=1S/C25H26Cl2N4O2/c26-19-7-6-17(15-18(19)20-5-1-2-11-30-20)25(23(29)33)9-8-24(22(28)32,16-21(25)27)10-14-31-12-3-4-13-31/h1-2,5-9,11,15-16H,3-4,10,12-14H2,(H2,28,32)(H2,29,33). The van der Waals surface area contributed by atoms with Crippen LogP contribution in [0.4, 0.5) is 0 Å². The smallest absolute Gasteiger partial charge is 0.237 e. The Labute approximate surface area is 203 Å². The molecular formula is C25H26Cl2N4O2. The third-order valence-electron chi connectivity index (χ3n) is 6.64. The lowest BCUT2D eigenvalue weighted by Gasteiger charge is -2.37. The fourth-order valence-electron chi connectivity index (χ4n) is 4.59. The second-order valence-electron chi connectivity index (χ2n) is 8.61. The SMILES string of the molecule is NC(=O)C1(CCN2CCCC2)C=CC(C(N)=O)(c2ccc(Cl)c(-c3ccccn3)c2)C(Cl)=C1. The molecule has 0 saturated carbocycles. The van der Waals surface area contributed by atoms with Gasteiger partial charge >= 0.3 is 0 Å². The Bertz CT molecular complexity index is 1130. The fraction of sp³-hybridized carbons (Fsp3) is 0.320. The van der Waals surface area contributed by atoms with Crippen molar-refractivity contribution in [2.45, 2.75) is 24.7 Å². The Kier molecular flexibility index (Phi) is 6.61. The molecule has 6 nitrogen and oxygen atoms in total. The highest BCUT2D eigenvalue weighted by molar-refractivity contribution is 6.34. The molecule has 4 N–H and O–H groups in total. The Morgan fingerprint density at radius 3 is 2.39 bits per heavy atom. The molecule has 8 heteroatoms. The highest BCUT2D eigenvalue weighted by atomic mass is 35.5. The molecule has 0 bridgehead atoms. The van der Waals surface area contributed by atoms with E-state index in [1.54, 1.807) is 48.7 Å². The summed E-state index contributed by atoms with van der Waals surface area (Å²) < 4.78 is 0. The first kappa shape index (κ1) is 23.5. The summed E-state index contributed by atoms with van der Waals surface area (Å²) in [5.41, 5.74) is 11.0. The first-order valence-electron chi connectivity index (χ1n) is 10.9. The molecular weight excluding hydrogens is 459 g/mol. The zero-order valence-electron chi connectivity index (χ0n) is 18.1. The van der Waals surface area contributed by atoms with E-state index in [1.165, 1.54) is 0 Å². The number of primary amides is 2. The Hall–Kier alpha value is -2.67. The molecule has 2 unspecified atom stereocenters. The van der Waals surface area contributed by atoms with Crippen molar-refractivity contribution in [2.24, 2.45) is 16.9 Å². The van der Waals surface area contributed by atoms with Crippen LogP contribution in [0.2, 0.25) is 5.02 Å². The van der Waals surface area contributed by atoms with Crippen LogP contribution in [0, 0.1) is 5.41 Å². The number of aromatic nitrogens is 1. The number of carbonyl (C=O) groups is 2. The van der Waals surface area contributed by atoms with Crippen LogP contribution in [0.15, 0.2) is 65.9 Å². The number of nitrogens with two attached hydrogens (primary N) is 2. The van der Waals surface area contributed by atoms with Crippen LogP contribution in [0.1, 0.15) is 24.8 Å². The van der Waals surface area contributed by atoms with Crippen LogP contribution in [0.5, 0.6) is 0 Å². The van der Waals surface area contributed by atoms with Crippen molar-refractivity contribution in [2.75, 3.05) is 19.6 Å². The third-order valence-corrected chi connectivity index (χ3v) is 7.38. The maximum atomic E-state index is 12.8. The zero-order chi connectivity index (χ0) is 23.6. The van der Waals surface area contributed by atoms with Crippen molar-refractivity contribution in [1.82, 2.24) is 9.88 Å². The van der Waals surface area contributed by atoms with Crippen LogP contribution in [-0.4, -0.2) is 41.3 Å². The summed E-state index contributed by atoms with van der Waals surface area (Å²) in [6, 6.07) is 10.6. The monoisotopic (exact) mass is 484 g/mol. The van der Waals surface area contributed by atoms with Crippen LogP contribution in [0.25, 0.3) is 11.3 Å². The van der Waals surface area contributed by atoms with Crippen molar-refractivity contribution >= 4 is 35.0 Å². The van der Waals surface area contributed by atoms with Gasteiger partial charge in [-0.25, -0.2) is 0 Å². The predicted molar refractivity (Wildman–Crippen MR) is 131 cm³/mol. The zero-order valence-corrected chi connectivity index (χ0v) is 19.6. The Morgan fingerprint density at radius 1 is 1.03 bits per heavy atom. The van der Waals surface area contributed by atoms with Gasteiger partial charge in [-0.3, -0.25) is 14.6 Å². The number of likely N-dealkylation sites (tertiary alicyclic amines) is 1. The van der Waals surface area contributed by atoms with Gasteiger partial charge in [0.15, 0.2) is 0 Å². The number of benzene rings is 1. The van der Waals surface area contributed by atoms with Gasteiger partial charge in [-0.15, -0.1) is 0 Å². The minimum Gasteiger partial charge on any atom is -0.369 e. The van der Waals surface area contributed by atoms with E-state index < -0.39 is 22.6 Å². The number of nitrogens with zero attached hydrogens (tertiary/aromatic N) is 2. The molecule has 4 rings (SSSR count). The molecule has 1 fully saturated rings. The molecule has 1 aromatic carbocycles. The lowest BCUT2D eigenvalue weighted by Crippen LogP contribution is -2.46. The van der Waals surface area contributed by atoms with E-state index in [4.69, 9.17) is 34.7 Å². The Balaban J connectivity index is 1.75. The quantitative estimate of drug-likeness (QED) is 0.583. The maximum Gasteiger partial charge on any atom is 0.237 e. The molecule has 2 aliphatic rings. The lowest BCUT2D eigenvalue weighted by molar-refractivity contribution is -0.124. The average molecular weight is 485 g/mol. The third kappa shape index (κ3) is 4.31. The topological polar surface area (TPSA) is 102 Å². The van der Waals surface area contributed by atoms with E-state index in [9.17, 15) is 9.59 Å². The second kappa shape index (κ2) is 9.29. The highest BCUT2D eigenvalue weighted by Gasteiger charge is 2.47. The van der Waals surface area contributed by atoms with Crippen molar-refractivity contribution in [3.05, 3.63) is 76.4 Å². The molecule has 2 heterocycles. The van der Waals surface area contributed by atoms with E-state index in [1.807, 2.05) is 12.1 Å². The largest absolute Gasteiger partial charge is 0.369 e. The molecule has 0 spiro atoms. The van der Waals surface area contributed by atoms with Gasteiger partial charge in [0.05, 0.1) is 11.1 Å². The summed E-state index contributed by atoms with van der Waals surface area (Å²) in [6.45, 7) is 2.72. The fourth-order valence-corrected chi connectivity index (χ4v) is 5.26. The number of hydrogen-bond acceptors (Lipinski definition) is 4. The first-order chi connectivity index (χ1) is 15.8. The molecule has 1 saturated heterocycles. The second-order valence-corrected chi connectivity index (χ2v) is 9.43. The van der Waals surface area contributed by atoms with Crippen molar-refractivity contribution in [3.8, 4) is 11.3 Å². The lowest BCUT2D eigenvalue weighted by atomic mass is 9.69. The van der Waals surface area contributed by atoms with Crippen molar-refractivity contribution in [3.63, 3.8) is 0 Å². The van der Waals surface area contributed by atoms with Gasteiger partial charge in [0.1, 0.15) is 5.41 Å². The van der Waals surface area contributed by atoms with E-state index in [0.29, 0.717) is 34.8 Å². The molecule has 172 valence electrons. The summed E-state index contributed by atoms with van der Waals surface area (Å²) in [6.07, 6.45) is 9.31. The van der Waals surface area contributed by atoms with Crippen LogP contribution < -0.4 is 11.5 Å². The molecule has 0 radical (unpaired) electrons. The normalized spacial score (nSPS) is 25.1. The maximum absolute atomic E-state index is 12.8. The summed E-state index contributed by atoms with van der Waals surface area (Å²) >= 11 is 13.2. The van der Waals surface area contributed by atoms with Crippen LogP contribution in [-0.2, 0) is 15.0 Å². The van der Waals surface area contributed by atoms with Gasteiger partial charge in [0, 0.05) is 21.8 Å². The summed E-state index contributed by atoms with van der Waals surface area (Å²) in [4.78, 5) is 32.0.